The molecule has 0 radical (unpaired) electrons. The van der Waals surface area contributed by atoms with E-state index in [1.807, 2.05) is 30.5 Å². The molecule has 2 aromatic carbocycles. The van der Waals surface area contributed by atoms with Crippen molar-refractivity contribution in [1.29, 1.82) is 0 Å². The van der Waals surface area contributed by atoms with Crippen LogP contribution in [0.5, 0.6) is 0 Å². The average molecular weight is 266 g/mol. The fourth-order valence-corrected chi connectivity index (χ4v) is 1.99. The summed E-state index contributed by atoms with van der Waals surface area (Å²) < 4.78 is 0. The van der Waals surface area contributed by atoms with Crippen LogP contribution in [0, 0.1) is 0 Å². The lowest BCUT2D eigenvalue weighted by Gasteiger charge is -2.08. The summed E-state index contributed by atoms with van der Waals surface area (Å²) >= 11 is 0. The number of nitrogens with two attached hydrogens (primary N) is 1. The lowest BCUT2D eigenvalue weighted by Crippen LogP contribution is -2.19. The van der Waals surface area contributed by atoms with Crippen LogP contribution in [0.2, 0.25) is 0 Å². The third kappa shape index (κ3) is 2.56. The van der Waals surface area contributed by atoms with Crippen LogP contribution in [0.3, 0.4) is 0 Å². The molecule has 0 aliphatic carbocycles. The number of anilines is 3. The van der Waals surface area contributed by atoms with E-state index in [-0.39, 0.29) is 6.03 Å². The number of carbonyl (C=O) groups excluding carboxylic acids is 1. The van der Waals surface area contributed by atoms with Crippen molar-refractivity contribution in [2.24, 2.45) is 0 Å². The first kappa shape index (κ1) is 12.1. The smallest absolute Gasteiger partial charge is 0.323 e. The standard InChI is InChI=1S/C15H14N4O/c16-11-2-5-12(6-3-11)18-15(20)19-13-4-1-10-7-8-17-14(10)9-13/h1-9,17H,16H2,(H2,18,19,20). The van der Waals surface area contributed by atoms with Crippen molar-refractivity contribution in [3.8, 4) is 0 Å². The topological polar surface area (TPSA) is 82.9 Å². The molecule has 100 valence electrons. The van der Waals surface area contributed by atoms with E-state index in [0.29, 0.717) is 11.4 Å². The minimum Gasteiger partial charge on any atom is -0.399 e. The number of aromatic nitrogens is 1. The summed E-state index contributed by atoms with van der Waals surface area (Å²) in [5.41, 5.74) is 8.66. The van der Waals surface area contributed by atoms with Gasteiger partial charge in [-0.15, -0.1) is 0 Å². The number of H-pyrrole nitrogens is 1. The van der Waals surface area contributed by atoms with Crippen molar-refractivity contribution >= 4 is 34.0 Å². The second-order valence-electron chi connectivity index (χ2n) is 4.48. The Balaban J connectivity index is 1.70. The third-order valence-corrected chi connectivity index (χ3v) is 2.98. The number of rotatable bonds is 2. The molecule has 5 heteroatoms. The van der Waals surface area contributed by atoms with Gasteiger partial charge >= 0.3 is 6.03 Å². The normalized spacial score (nSPS) is 10.4. The molecule has 2 amide bonds. The highest BCUT2D eigenvalue weighted by molar-refractivity contribution is 6.01. The highest BCUT2D eigenvalue weighted by Gasteiger charge is 2.03. The van der Waals surface area contributed by atoms with E-state index >= 15 is 0 Å². The van der Waals surface area contributed by atoms with Crippen LogP contribution in [0.25, 0.3) is 10.9 Å². The Hall–Kier alpha value is -2.95. The van der Waals surface area contributed by atoms with Crippen LogP contribution in [0.4, 0.5) is 21.9 Å². The Morgan fingerprint density at radius 1 is 0.950 bits per heavy atom. The molecule has 0 saturated carbocycles. The van der Waals surface area contributed by atoms with Gasteiger partial charge in [-0.1, -0.05) is 6.07 Å². The Morgan fingerprint density at radius 2 is 1.65 bits per heavy atom. The van der Waals surface area contributed by atoms with Gasteiger partial charge < -0.3 is 21.4 Å². The van der Waals surface area contributed by atoms with Crippen molar-refractivity contribution in [2.75, 3.05) is 16.4 Å². The molecule has 0 bridgehead atoms. The van der Waals surface area contributed by atoms with Crippen LogP contribution in [0.15, 0.2) is 54.7 Å². The van der Waals surface area contributed by atoms with Crippen LogP contribution in [0.1, 0.15) is 0 Å². The second-order valence-corrected chi connectivity index (χ2v) is 4.48. The average Bonchev–Trinajstić information content (AvgIpc) is 2.89. The van der Waals surface area contributed by atoms with Crippen molar-refractivity contribution < 1.29 is 4.79 Å². The molecule has 1 aromatic heterocycles. The number of nitrogen functional groups attached to an aromatic ring is 1. The van der Waals surface area contributed by atoms with Crippen molar-refractivity contribution in [1.82, 2.24) is 4.98 Å². The monoisotopic (exact) mass is 266 g/mol. The molecule has 0 saturated heterocycles. The van der Waals surface area contributed by atoms with E-state index in [0.717, 1.165) is 16.6 Å². The molecule has 3 rings (SSSR count). The highest BCUT2D eigenvalue weighted by atomic mass is 16.2. The fraction of sp³-hybridized carbons (Fsp3) is 0. The molecule has 5 nitrogen and oxygen atoms in total. The predicted octanol–water partition coefficient (Wildman–Crippen LogP) is 3.39. The van der Waals surface area contributed by atoms with Gasteiger partial charge in [-0.3, -0.25) is 0 Å². The molecule has 0 aliphatic heterocycles. The summed E-state index contributed by atoms with van der Waals surface area (Å²) in [6, 6.07) is 14.4. The lowest BCUT2D eigenvalue weighted by atomic mass is 10.2. The van der Waals surface area contributed by atoms with Crippen LogP contribution in [-0.4, -0.2) is 11.0 Å². The maximum Gasteiger partial charge on any atom is 0.323 e. The zero-order valence-electron chi connectivity index (χ0n) is 10.7. The van der Waals surface area contributed by atoms with E-state index in [1.165, 1.54) is 0 Å². The van der Waals surface area contributed by atoms with Crippen molar-refractivity contribution in [2.45, 2.75) is 0 Å². The molecule has 0 aliphatic rings. The molecule has 5 N–H and O–H groups in total. The SMILES string of the molecule is Nc1ccc(NC(=O)Nc2ccc3cc[nH]c3c2)cc1. The van der Waals surface area contributed by atoms with E-state index in [4.69, 9.17) is 5.73 Å². The summed E-state index contributed by atoms with van der Waals surface area (Å²) in [4.78, 5) is 15.0. The Bertz CT molecular complexity index is 746. The molecule has 20 heavy (non-hydrogen) atoms. The van der Waals surface area contributed by atoms with Gasteiger partial charge in [-0.05, 0) is 47.9 Å². The van der Waals surface area contributed by atoms with E-state index in [1.54, 1.807) is 24.3 Å². The molecule has 0 atom stereocenters. The number of fused-ring (bicyclic) bond motifs is 1. The van der Waals surface area contributed by atoms with E-state index < -0.39 is 0 Å². The molecular formula is C15H14N4O. The number of nitrogens with one attached hydrogen (secondary N) is 3. The number of aromatic amines is 1. The van der Waals surface area contributed by atoms with Crippen LogP contribution < -0.4 is 16.4 Å². The Labute approximate surface area is 115 Å². The summed E-state index contributed by atoms with van der Waals surface area (Å²) in [6.07, 6.45) is 1.86. The first-order valence-electron chi connectivity index (χ1n) is 6.21. The first-order valence-corrected chi connectivity index (χ1v) is 6.21. The first-order chi connectivity index (χ1) is 9.70. The minimum absolute atomic E-state index is 0.291. The van der Waals surface area contributed by atoms with E-state index in [9.17, 15) is 4.79 Å². The lowest BCUT2D eigenvalue weighted by molar-refractivity contribution is 0.262. The fourth-order valence-electron chi connectivity index (χ4n) is 1.99. The minimum atomic E-state index is -0.291. The van der Waals surface area contributed by atoms with Crippen LogP contribution in [-0.2, 0) is 0 Å². The number of hydrogen-bond donors (Lipinski definition) is 4. The molecule has 1 heterocycles. The number of benzene rings is 2. The number of carbonyl (C=O) groups is 1. The molecular weight excluding hydrogens is 252 g/mol. The van der Waals surface area contributed by atoms with Gasteiger partial charge in [0.15, 0.2) is 0 Å². The summed E-state index contributed by atoms with van der Waals surface area (Å²) in [5.74, 6) is 0. The summed E-state index contributed by atoms with van der Waals surface area (Å²) in [7, 11) is 0. The molecule has 0 fully saturated rings. The second kappa shape index (κ2) is 4.97. The maximum absolute atomic E-state index is 11.9. The quantitative estimate of drug-likeness (QED) is 0.536. The largest absolute Gasteiger partial charge is 0.399 e. The van der Waals surface area contributed by atoms with Gasteiger partial charge in [-0.25, -0.2) is 4.79 Å². The highest BCUT2D eigenvalue weighted by Crippen LogP contribution is 2.18. The van der Waals surface area contributed by atoms with Gasteiger partial charge in [0.25, 0.3) is 0 Å². The maximum atomic E-state index is 11.9. The van der Waals surface area contributed by atoms with Crippen LogP contribution >= 0.6 is 0 Å². The predicted molar refractivity (Wildman–Crippen MR) is 81.8 cm³/mol. The zero-order chi connectivity index (χ0) is 13.9. The van der Waals surface area contributed by atoms with Crippen molar-refractivity contribution in [3.63, 3.8) is 0 Å². The van der Waals surface area contributed by atoms with E-state index in [2.05, 4.69) is 15.6 Å². The van der Waals surface area contributed by atoms with Crippen molar-refractivity contribution in [3.05, 3.63) is 54.7 Å². The summed E-state index contributed by atoms with van der Waals surface area (Å²) in [6.45, 7) is 0. The molecule has 0 unspecified atom stereocenters. The number of amides is 2. The van der Waals surface area contributed by atoms with Gasteiger partial charge in [0, 0.05) is 28.8 Å². The van der Waals surface area contributed by atoms with Gasteiger partial charge in [0.05, 0.1) is 0 Å². The van der Waals surface area contributed by atoms with Gasteiger partial charge in [-0.2, -0.15) is 0 Å². The van der Waals surface area contributed by atoms with Gasteiger partial charge in [0.2, 0.25) is 0 Å². The third-order valence-electron chi connectivity index (χ3n) is 2.98. The number of hydrogen-bond acceptors (Lipinski definition) is 2. The molecule has 3 aromatic rings. The molecule has 0 spiro atoms. The Kier molecular flexibility index (Phi) is 3.01. The summed E-state index contributed by atoms with van der Waals surface area (Å²) in [5, 5.41) is 6.64. The number of urea groups is 1. The van der Waals surface area contributed by atoms with Gasteiger partial charge in [0.1, 0.15) is 0 Å². The zero-order valence-corrected chi connectivity index (χ0v) is 10.7. The Morgan fingerprint density at radius 3 is 2.45 bits per heavy atom.